The first-order valence-corrected chi connectivity index (χ1v) is 6.10. The monoisotopic (exact) mass is 230 g/mol. The van der Waals surface area contributed by atoms with Crippen LogP contribution < -0.4 is 5.32 Å². The summed E-state index contributed by atoms with van der Waals surface area (Å²) in [6.07, 6.45) is 0. The van der Waals surface area contributed by atoms with Gasteiger partial charge in [-0.15, -0.1) is 0 Å². The summed E-state index contributed by atoms with van der Waals surface area (Å²) in [5, 5.41) is 12.5. The van der Waals surface area contributed by atoms with Crippen LogP contribution in [0.5, 0.6) is 0 Å². The highest BCUT2D eigenvalue weighted by atomic mass is 15.0. The molecule has 0 aliphatic heterocycles. The standard InChI is InChI=1S/C15H22N2/c1-11(2)12-6-8-13(9-7-12)14(10-16)17-15(3,4)5/h6-9,11,14,17H,1-5H3. The van der Waals surface area contributed by atoms with Gasteiger partial charge in [0.1, 0.15) is 6.04 Å². The van der Waals surface area contributed by atoms with Crippen molar-refractivity contribution in [3.63, 3.8) is 0 Å². The molecule has 0 aliphatic carbocycles. The zero-order chi connectivity index (χ0) is 13.1. The molecular formula is C15H22N2. The average Bonchev–Trinajstić information content (AvgIpc) is 2.25. The molecule has 0 radical (unpaired) electrons. The Bertz CT molecular complexity index is 390. The molecule has 0 aliphatic rings. The smallest absolute Gasteiger partial charge is 0.121 e. The Morgan fingerprint density at radius 2 is 1.53 bits per heavy atom. The maximum absolute atomic E-state index is 9.21. The van der Waals surface area contributed by atoms with Gasteiger partial charge in [-0.3, -0.25) is 5.32 Å². The van der Waals surface area contributed by atoms with Crippen LogP contribution in [0.4, 0.5) is 0 Å². The van der Waals surface area contributed by atoms with E-state index in [0.717, 1.165) is 5.56 Å². The van der Waals surface area contributed by atoms with E-state index in [1.54, 1.807) is 0 Å². The third kappa shape index (κ3) is 4.20. The molecule has 17 heavy (non-hydrogen) atoms. The van der Waals surface area contributed by atoms with Crippen molar-refractivity contribution in [1.29, 1.82) is 5.26 Å². The molecule has 0 saturated carbocycles. The quantitative estimate of drug-likeness (QED) is 0.858. The van der Waals surface area contributed by atoms with E-state index in [-0.39, 0.29) is 11.6 Å². The highest BCUT2D eigenvalue weighted by Crippen LogP contribution is 2.20. The first-order chi connectivity index (χ1) is 7.83. The SMILES string of the molecule is CC(C)c1ccc(C(C#N)NC(C)(C)C)cc1. The molecule has 0 bridgehead atoms. The maximum Gasteiger partial charge on any atom is 0.121 e. The van der Waals surface area contributed by atoms with Crippen molar-refractivity contribution in [2.45, 2.75) is 52.1 Å². The topological polar surface area (TPSA) is 35.8 Å². The van der Waals surface area contributed by atoms with Gasteiger partial charge in [0.05, 0.1) is 6.07 Å². The minimum atomic E-state index is -0.240. The highest BCUT2D eigenvalue weighted by Gasteiger charge is 2.18. The summed E-state index contributed by atoms with van der Waals surface area (Å²) in [6.45, 7) is 10.5. The summed E-state index contributed by atoms with van der Waals surface area (Å²) >= 11 is 0. The summed E-state index contributed by atoms with van der Waals surface area (Å²) in [5.41, 5.74) is 2.28. The maximum atomic E-state index is 9.21. The molecule has 1 unspecified atom stereocenters. The second-order valence-corrected chi connectivity index (χ2v) is 5.78. The van der Waals surface area contributed by atoms with Crippen LogP contribution in [0, 0.1) is 11.3 Å². The molecule has 2 heteroatoms. The Morgan fingerprint density at radius 3 is 1.88 bits per heavy atom. The number of hydrogen-bond donors (Lipinski definition) is 1. The molecule has 92 valence electrons. The lowest BCUT2D eigenvalue weighted by Crippen LogP contribution is -2.38. The fraction of sp³-hybridized carbons (Fsp3) is 0.533. The second kappa shape index (κ2) is 5.33. The Hall–Kier alpha value is -1.33. The van der Waals surface area contributed by atoms with Crippen LogP contribution >= 0.6 is 0 Å². The molecule has 0 heterocycles. The van der Waals surface area contributed by atoms with E-state index in [1.165, 1.54) is 5.56 Å². The molecule has 1 N–H and O–H groups in total. The van der Waals surface area contributed by atoms with E-state index in [2.05, 4.69) is 58.1 Å². The minimum absolute atomic E-state index is 0.0584. The van der Waals surface area contributed by atoms with Crippen molar-refractivity contribution >= 4 is 0 Å². The van der Waals surface area contributed by atoms with Crippen LogP contribution in [0.2, 0.25) is 0 Å². The zero-order valence-electron chi connectivity index (χ0n) is 11.4. The zero-order valence-corrected chi connectivity index (χ0v) is 11.4. The molecule has 2 nitrogen and oxygen atoms in total. The van der Waals surface area contributed by atoms with E-state index in [0.29, 0.717) is 5.92 Å². The van der Waals surface area contributed by atoms with Gasteiger partial charge in [0.2, 0.25) is 0 Å². The number of hydrogen-bond acceptors (Lipinski definition) is 2. The predicted octanol–water partition coefficient (Wildman–Crippen LogP) is 3.76. The third-order valence-electron chi connectivity index (χ3n) is 2.64. The molecule has 0 saturated heterocycles. The summed E-state index contributed by atoms with van der Waals surface area (Å²) in [6, 6.07) is 10.4. The molecule has 1 rings (SSSR count). The molecule has 0 fully saturated rings. The van der Waals surface area contributed by atoms with Crippen LogP contribution in [0.15, 0.2) is 24.3 Å². The summed E-state index contributed by atoms with van der Waals surface area (Å²) < 4.78 is 0. The average molecular weight is 230 g/mol. The normalized spacial score (nSPS) is 13.5. The number of nitriles is 1. The molecule has 1 aromatic carbocycles. The molecule has 1 atom stereocenters. The summed E-state index contributed by atoms with van der Waals surface area (Å²) in [7, 11) is 0. The minimum Gasteiger partial charge on any atom is -0.293 e. The lowest BCUT2D eigenvalue weighted by molar-refractivity contribution is 0.400. The van der Waals surface area contributed by atoms with Gasteiger partial charge >= 0.3 is 0 Å². The van der Waals surface area contributed by atoms with Crippen LogP contribution in [0.1, 0.15) is 57.7 Å². The lowest BCUT2D eigenvalue weighted by atomic mass is 9.98. The largest absolute Gasteiger partial charge is 0.293 e. The fourth-order valence-corrected chi connectivity index (χ4v) is 1.70. The van der Waals surface area contributed by atoms with Gasteiger partial charge in [0, 0.05) is 5.54 Å². The summed E-state index contributed by atoms with van der Waals surface area (Å²) in [5.74, 6) is 0.528. The van der Waals surface area contributed by atoms with Gasteiger partial charge < -0.3 is 0 Å². The van der Waals surface area contributed by atoms with Crippen molar-refractivity contribution in [3.8, 4) is 6.07 Å². The van der Waals surface area contributed by atoms with Crippen molar-refractivity contribution in [2.24, 2.45) is 0 Å². The Morgan fingerprint density at radius 1 is 1.06 bits per heavy atom. The predicted molar refractivity (Wildman–Crippen MR) is 71.8 cm³/mol. The van der Waals surface area contributed by atoms with E-state index < -0.39 is 0 Å². The third-order valence-corrected chi connectivity index (χ3v) is 2.64. The highest BCUT2D eigenvalue weighted by molar-refractivity contribution is 5.29. The van der Waals surface area contributed by atoms with Gasteiger partial charge in [0.15, 0.2) is 0 Å². The van der Waals surface area contributed by atoms with Gasteiger partial charge in [-0.05, 0) is 37.8 Å². The molecule has 0 amide bonds. The van der Waals surface area contributed by atoms with Crippen molar-refractivity contribution in [3.05, 3.63) is 35.4 Å². The number of rotatable bonds is 3. The van der Waals surface area contributed by atoms with Gasteiger partial charge in [-0.1, -0.05) is 38.1 Å². The van der Waals surface area contributed by atoms with Crippen molar-refractivity contribution in [1.82, 2.24) is 5.32 Å². The fourth-order valence-electron chi connectivity index (χ4n) is 1.70. The van der Waals surface area contributed by atoms with Crippen LogP contribution in [-0.4, -0.2) is 5.54 Å². The van der Waals surface area contributed by atoms with E-state index in [9.17, 15) is 5.26 Å². The van der Waals surface area contributed by atoms with E-state index in [1.807, 2.05) is 12.1 Å². The number of nitrogens with one attached hydrogen (secondary N) is 1. The first kappa shape index (κ1) is 13.7. The molecule has 1 aromatic rings. The van der Waals surface area contributed by atoms with Crippen LogP contribution in [0.3, 0.4) is 0 Å². The second-order valence-electron chi connectivity index (χ2n) is 5.78. The Labute approximate surface area is 105 Å². The van der Waals surface area contributed by atoms with E-state index >= 15 is 0 Å². The van der Waals surface area contributed by atoms with Crippen molar-refractivity contribution < 1.29 is 0 Å². The number of nitrogens with zero attached hydrogens (tertiary/aromatic N) is 1. The van der Waals surface area contributed by atoms with Gasteiger partial charge in [-0.25, -0.2) is 0 Å². The summed E-state index contributed by atoms with van der Waals surface area (Å²) in [4.78, 5) is 0. The number of benzene rings is 1. The van der Waals surface area contributed by atoms with Crippen molar-refractivity contribution in [2.75, 3.05) is 0 Å². The van der Waals surface area contributed by atoms with Crippen LogP contribution in [-0.2, 0) is 0 Å². The first-order valence-electron chi connectivity index (χ1n) is 6.10. The Balaban J connectivity index is 2.87. The molecule has 0 aromatic heterocycles. The van der Waals surface area contributed by atoms with Gasteiger partial charge in [0.25, 0.3) is 0 Å². The lowest BCUT2D eigenvalue weighted by Gasteiger charge is -2.24. The Kier molecular flexibility index (Phi) is 4.31. The van der Waals surface area contributed by atoms with Gasteiger partial charge in [-0.2, -0.15) is 5.26 Å². The van der Waals surface area contributed by atoms with E-state index in [4.69, 9.17) is 0 Å². The molecule has 0 spiro atoms. The van der Waals surface area contributed by atoms with Crippen LogP contribution in [0.25, 0.3) is 0 Å². The molecular weight excluding hydrogens is 208 g/mol.